The van der Waals surface area contributed by atoms with E-state index in [4.69, 9.17) is 0 Å². The van der Waals surface area contributed by atoms with Crippen LogP contribution in [0.4, 0.5) is 5.69 Å². The molecule has 0 atom stereocenters. The predicted molar refractivity (Wildman–Crippen MR) is 84.7 cm³/mol. The molecule has 3 N–H and O–H groups in total. The lowest BCUT2D eigenvalue weighted by molar-refractivity contribution is 0.374. The van der Waals surface area contributed by atoms with E-state index in [9.17, 15) is 4.79 Å². The lowest BCUT2D eigenvalue weighted by atomic mass is 9.76. The monoisotopic (exact) mass is 279 g/mol. The molecule has 1 saturated carbocycles. The van der Waals surface area contributed by atoms with Crippen LogP contribution in [0.25, 0.3) is 11.0 Å². The molecule has 0 bridgehead atoms. The fraction of sp³-hybridized carbons (Fsp3) is 0.235. The van der Waals surface area contributed by atoms with Crippen molar-refractivity contribution in [2.24, 2.45) is 0 Å². The Morgan fingerprint density at radius 3 is 2.52 bits per heavy atom. The summed E-state index contributed by atoms with van der Waals surface area (Å²) >= 11 is 0. The van der Waals surface area contributed by atoms with Gasteiger partial charge in [0.2, 0.25) is 0 Å². The number of nitrogens with one attached hydrogen (secondary N) is 3. The lowest BCUT2D eigenvalue weighted by Gasteiger charge is -2.37. The fourth-order valence-corrected chi connectivity index (χ4v) is 3.09. The molecule has 3 aromatic rings. The van der Waals surface area contributed by atoms with Crippen LogP contribution < -0.4 is 11.0 Å². The summed E-state index contributed by atoms with van der Waals surface area (Å²) in [5, 5.41) is 3.54. The number of hydrogen-bond acceptors (Lipinski definition) is 2. The van der Waals surface area contributed by atoms with E-state index >= 15 is 0 Å². The second-order valence-electron chi connectivity index (χ2n) is 5.76. The highest BCUT2D eigenvalue weighted by molar-refractivity contribution is 5.78. The number of anilines is 1. The first-order valence-electron chi connectivity index (χ1n) is 7.31. The van der Waals surface area contributed by atoms with Crippen molar-refractivity contribution in [3.8, 4) is 0 Å². The number of benzene rings is 2. The van der Waals surface area contributed by atoms with Gasteiger partial charge in [0.15, 0.2) is 0 Å². The van der Waals surface area contributed by atoms with Crippen molar-refractivity contribution in [1.82, 2.24) is 9.97 Å². The molecule has 21 heavy (non-hydrogen) atoms. The summed E-state index contributed by atoms with van der Waals surface area (Å²) < 4.78 is 0. The first kappa shape index (κ1) is 12.3. The van der Waals surface area contributed by atoms with Crippen LogP contribution in [0.5, 0.6) is 0 Å². The second-order valence-corrected chi connectivity index (χ2v) is 5.76. The number of H-pyrrole nitrogens is 2. The van der Waals surface area contributed by atoms with Crippen LogP contribution in [-0.2, 0) is 0 Å². The zero-order valence-electron chi connectivity index (χ0n) is 11.6. The van der Waals surface area contributed by atoms with Crippen molar-refractivity contribution in [2.75, 3.05) is 5.32 Å². The molecule has 1 aliphatic carbocycles. The number of aromatic amines is 2. The van der Waals surface area contributed by atoms with Gasteiger partial charge in [-0.1, -0.05) is 30.3 Å². The van der Waals surface area contributed by atoms with Crippen LogP contribution in [0, 0.1) is 0 Å². The van der Waals surface area contributed by atoms with Crippen LogP contribution in [0.3, 0.4) is 0 Å². The predicted octanol–water partition coefficient (Wildman–Crippen LogP) is 3.21. The van der Waals surface area contributed by atoms with Gasteiger partial charge in [0.05, 0.1) is 11.0 Å². The van der Waals surface area contributed by atoms with Crippen LogP contribution in [-0.4, -0.2) is 16.0 Å². The highest BCUT2D eigenvalue weighted by Crippen LogP contribution is 2.38. The first-order chi connectivity index (χ1) is 10.3. The molecule has 0 amide bonds. The minimum Gasteiger partial charge on any atom is -0.382 e. The number of aromatic nitrogens is 2. The van der Waals surface area contributed by atoms with Crippen LogP contribution in [0.2, 0.25) is 0 Å². The van der Waals surface area contributed by atoms with Gasteiger partial charge in [0.25, 0.3) is 0 Å². The number of rotatable bonds is 3. The molecule has 4 nitrogen and oxygen atoms in total. The van der Waals surface area contributed by atoms with E-state index in [-0.39, 0.29) is 5.69 Å². The summed E-state index contributed by atoms with van der Waals surface area (Å²) in [5.74, 6) is 0.666. The van der Waals surface area contributed by atoms with Crippen LogP contribution in [0.1, 0.15) is 24.3 Å². The van der Waals surface area contributed by atoms with Crippen molar-refractivity contribution >= 4 is 16.7 Å². The Morgan fingerprint density at radius 1 is 0.952 bits per heavy atom. The van der Waals surface area contributed by atoms with E-state index in [0.717, 1.165) is 29.6 Å². The van der Waals surface area contributed by atoms with E-state index in [1.807, 2.05) is 18.2 Å². The molecular weight excluding hydrogens is 262 g/mol. The molecule has 1 heterocycles. The minimum absolute atomic E-state index is 0.157. The number of imidazole rings is 1. The van der Waals surface area contributed by atoms with Crippen molar-refractivity contribution in [3.05, 3.63) is 64.6 Å². The molecule has 0 aliphatic heterocycles. The molecule has 106 valence electrons. The number of fused-ring (bicyclic) bond motifs is 1. The van der Waals surface area contributed by atoms with Crippen molar-refractivity contribution < 1.29 is 0 Å². The smallest absolute Gasteiger partial charge is 0.323 e. The summed E-state index contributed by atoms with van der Waals surface area (Å²) in [4.78, 5) is 16.8. The Kier molecular flexibility index (Phi) is 2.81. The minimum atomic E-state index is -0.157. The van der Waals surface area contributed by atoms with Crippen molar-refractivity contribution in [3.63, 3.8) is 0 Å². The first-order valence-corrected chi connectivity index (χ1v) is 7.31. The molecular formula is C17H17N3O. The van der Waals surface area contributed by atoms with Crippen LogP contribution in [0.15, 0.2) is 53.3 Å². The number of hydrogen-bond donors (Lipinski definition) is 3. The Morgan fingerprint density at radius 2 is 1.71 bits per heavy atom. The molecule has 2 aromatic carbocycles. The third-order valence-electron chi connectivity index (χ3n) is 4.30. The van der Waals surface area contributed by atoms with Gasteiger partial charge < -0.3 is 15.3 Å². The molecule has 4 rings (SSSR count). The van der Waals surface area contributed by atoms with E-state index in [1.54, 1.807) is 0 Å². The van der Waals surface area contributed by atoms with Crippen molar-refractivity contribution in [2.45, 2.75) is 24.8 Å². The molecule has 1 aromatic heterocycles. The molecule has 0 saturated heterocycles. The molecule has 4 heteroatoms. The van der Waals surface area contributed by atoms with Gasteiger partial charge in [-0.2, -0.15) is 0 Å². The van der Waals surface area contributed by atoms with E-state index in [1.165, 1.54) is 5.56 Å². The summed E-state index contributed by atoms with van der Waals surface area (Å²) in [6.45, 7) is 0. The Balaban J connectivity index is 1.44. The van der Waals surface area contributed by atoms with Gasteiger partial charge >= 0.3 is 5.69 Å². The SMILES string of the molecule is O=c1[nH]c2ccc(NC3CC(c4ccccc4)C3)cc2[nH]1. The Bertz CT molecular complexity index is 813. The average molecular weight is 279 g/mol. The van der Waals surface area contributed by atoms with E-state index in [0.29, 0.717) is 12.0 Å². The van der Waals surface area contributed by atoms with E-state index in [2.05, 4.69) is 45.6 Å². The van der Waals surface area contributed by atoms with Gasteiger partial charge in [-0.25, -0.2) is 4.79 Å². The summed E-state index contributed by atoms with van der Waals surface area (Å²) in [6.07, 6.45) is 2.32. The Labute approximate surface area is 122 Å². The highest BCUT2D eigenvalue weighted by Gasteiger charge is 2.29. The van der Waals surface area contributed by atoms with Gasteiger partial charge in [0.1, 0.15) is 0 Å². The Hall–Kier alpha value is -2.49. The third kappa shape index (κ3) is 2.33. The molecule has 0 spiro atoms. The topological polar surface area (TPSA) is 60.7 Å². The van der Waals surface area contributed by atoms with Crippen LogP contribution >= 0.6 is 0 Å². The quantitative estimate of drug-likeness (QED) is 0.689. The van der Waals surface area contributed by atoms with Gasteiger partial charge in [-0.05, 0) is 42.5 Å². The molecule has 1 fully saturated rings. The normalized spacial score (nSPS) is 21.1. The van der Waals surface area contributed by atoms with Crippen molar-refractivity contribution in [1.29, 1.82) is 0 Å². The van der Waals surface area contributed by atoms with Gasteiger partial charge in [-0.3, -0.25) is 0 Å². The lowest BCUT2D eigenvalue weighted by Crippen LogP contribution is -2.33. The largest absolute Gasteiger partial charge is 0.382 e. The zero-order chi connectivity index (χ0) is 14.2. The summed E-state index contributed by atoms with van der Waals surface area (Å²) in [6, 6.07) is 17.1. The standard InChI is InChI=1S/C17H17N3O/c21-17-19-15-7-6-13(10-16(15)20-17)18-14-8-12(9-14)11-4-2-1-3-5-11/h1-7,10,12,14,18H,8-9H2,(H2,19,20,21). The fourth-order valence-electron chi connectivity index (χ4n) is 3.09. The third-order valence-corrected chi connectivity index (χ3v) is 4.30. The zero-order valence-corrected chi connectivity index (χ0v) is 11.6. The van der Waals surface area contributed by atoms with E-state index < -0.39 is 0 Å². The highest BCUT2D eigenvalue weighted by atomic mass is 16.1. The molecule has 1 aliphatic rings. The maximum absolute atomic E-state index is 11.3. The summed E-state index contributed by atoms with van der Waals surface area (Å²) in [5.41, 5.74) is 4.04. The average Bonchev–Trinajstić information content (AvgIpc) is 2.82. The maximum Gasteiger partial charge on any atom is 0.323 e. The summed E-state index contributed by atoms with van der Waals surface area (Å²) in [7, 11) is 0. The molecule has 0 unspecified atom stereocenters. The second kappa shape index (κ2) is 4.81. The molecule has 0 radical (unpaired) electrons. The van der Waals surface area contributed by atoms with Gasteiger partial charge in [0, 0.05) is 11.7 Å². The van der Waals surface area contributed by atoms with Gasteiger partial charge in [-0.15, -0.1) is 0 Å². The maximum atomic E-state index is 11.3.